The summed E-state index contributed by atoms with van der Waals surface area (Å²) in [6, 6.07) is 9.04. The molecule has 0 saturated carbocycles. The topological polar surface area (TPSA) is 85.1 Å². The second-order valence-electron chi connectivity index (χ2n) is 6.17. The molecule has 0 spiro atoms. The van der Waals surface area contributed by atoms with Gasteiger partial charge in [-0.15, -0.1) is 15.3 Å². The highest BCUT2D eigenvalue weighted by Crippen LogP contribution is 2.28. The van der Waals surface area contributed by atoms with E-state index in [1.165, 1.54) is 0 Å². The summed E-state index contributed by atoms with van der Waals surface area (Å²) in [6.45, 7) is 2.66. The first-order valence-corrected chi connectivity index (χ1v) is 8.63. The van der Waals surface area contributed by atoms with Crippen molar-refractivity contribution >= 4 is 17.4 Å². The number of hydrogen-bond acceptors (Lipinski definition) is 7. The molecule has 0 unspecified atom stereocenters. The minimum Gasteiger partial charge on any atom is -0.493 e. The number of piperazine rings is 1. The number of fused-ring (bicyclic) bond motifs is 1. The fourth-order valence-electron chi connectivity index (χ4n) is 3.18. The van der Waals surface area contributed by atoms with Crippen LogP contribution in [-0.4, -0.2) is 71.0 Å². The summed E-state index contributed by atoms with van der Waals surface area (Å²) in [5.41, 5.74) is 1.30. The van der Waals surface area contributed by atoms with Crippen LogP contribution < -0.4 is 14.4 Å². The summed E-state index contributed by atoms with van der Waals surface area (Å²) >= 11 is 0. The van der Waals surface area contributed by atoms with Crippen LogP contribution in [0.5, 0.6) is 11.5 Å². The maximum Gasteiger partial charge on any atom is 0.254 e. The fourth-order valence-corrected chi connectivity index (χ4v) is 3.18. The van der Waals surface area contributed by atoms with Crippen molar-refractivity contribution in [2.24, 2.45) is 0 Å². The van der Waals surface area contributed by atoms with Crippen LogP contribution in [0.1, 0.15) is 10.4 Å². The molecule has 27 heavy (non-hydrogen) atoms. The highest BCUT2D eigenvalue weighted by atomic mass is 16.5. The number of carbonyl (C=O) groups excluding carboxylic acids is 1. The van der Waals surface area contributed by atoms with Gasteiger partial charge in [-0.3, -0.25) is 4.79 Å². The Labute approximate surface area is 156 Å². The van der Waals surface area contributed by atoms with Gasteiger partial charge in [0.15, 0.2) is 17.1 Å². The van der Waals surface area contributed by atoms with Crippen LogP contribution in [0.25, 0.3) is 5.65 Å². The van der Waals surface area contributed by atoms with Crippen molar-refractivity contribution < 1.29 is 14.3 Å². The minimum absolute atomic E-state index is 0.0159. The number of benzene rings is 1. The Bertz CT molecular complexity index is 965. The van der Waals surface area contributed by atoms with Crippen LogP contribution >= 0.6 is 0 Å². The molecule has 9 heteroatoms. The first kappa shape index (κ1) is 17.1. The molecular weight excluding hydrogens is 348 g/mol. The number of carbonyl (C=O) groups is 1. The van der Waals surface area contributed by atoms with E-state index in [1.54, 1.807) is 43.3 Å². The lowest BCUT2D eigenvalue weighted by Crippen LogP contribution is -2.49. The number of aromatic nitrogens is 4. The van der Waals surface area contributed by atoms with Crippen molar-refractivity contribution in [3.05, 3.63) is 42.2 Å². The van der Waals surface area contributed by atoms with Crippen LogP contribution in [0.15, 0.2) is 36.7 Å². The third kappa shape index (κ3) is 3.23. The Balaban J connectivity index is 1.44. The van der Waals surface area contributed by atoms with Gasteiger partial charge >= 0.3 is 0 Å². The van der Waals surface area contributed by atoms with Crippen molar-refractivity contribution in [1.29, 1.82) is 0 Å². The fraction of sp³-hybridized carbons (Fsp3) is 0.333. The molecule has 1 fully saturated rings. The van der Waals surface area contributed by atoms with Gasteiger partial charge in [-0.25, -0.2) is 0 Å². The Hall–Kier alpha value is -3.36. The van der Waals surface area contributed by atoms with Crippen molar-refractivity contribution in [3.8, 4) is 11.5 Å². The summed E-state index contributed by atoms with van der Waals surface area (Å²) in [6.07, 6.45) is 1.58. The number of anilines is 1. The van der Waals surface area contributed by atoms with Crippen molar-refractivity contribution in [3.63, 3.8) is 0 Å². The molecule has 2 aromatic heterocycles. The summed E-state index contributed by atoms with van der Waals surface area (Å²) in [5, 5.41) is 12.3. The normalized spacial score (nSPS) is 14.4. The van der Waals surface area contributed by atoms with Gasteiger partial charge < -0.3 is 19.3 Å². The van der Waals surface area contributed by atoms with Crippen LogP contribution in [0.2, 0.25) is 0 Å². The molecule has 1 aliphatic heterocycles. The summed E-state index contributed by atoms with van der Waals surface area (Å²) < 4.78 is 12.2. The molecule has 0 atom stereocenters. The van der Waals surface area contributed by atoms with Crippen LogP contribution in [0.3, 0.4) is 0 Å². The summed E-state index contributed by atoms with van der Waals surface area (Å²) in [4.78, 5) is 16.8. The van der Waals surface area contributed by atoms with Crippen LogP contribution in [-0.2, 0) is 0 Å². The standard InChI is InChI=1S/C18H20N6O3/c1-26-14-4-3-13(11-15(14)27-2)18(25)23-9-7-22(8-10-23)17-6-5-16-20-19-12-24(16)21-17/h3-6,11-12H,7-10H2,1-2H3. The molecule has 0 bridgehead atoms. The lowest BCUT2D eigenvalue weighted by atomic mass is 10.1. The van der Waals surface area contributed by atoms with E-state index in [0.29, 0.717) is 48.9 Å². The van der Waals surface area contributed by atoms with Crippen molar-refractivity contribution in [2.45, 2.75) is 0 Å². The third-order valence-corrected chi connectivity index (χ3v) is 4.67. The van der Waals surface area contributed by atoms with Crippen LogP contribution in [0, 0.1) is 0 Å². The van der Waals surface area contributed by atoms with Gasteiger partial charge in [0.25, 0.3) is 5.91 Å². The van der Waals surface area contributed by atoms with E-state index in [0.717, 1.165) is 5.82 Å². The zero-order chi connectivity index (χ0) is 18.8. The number of ether oxygens (including phenoxy) is 2. The molecule has 9 nitrogen and oxygen atoms in total. The van der Waals surface area contributed by atoms with Crippen molar-refractivity contribution in [1.82, 2.24) is 24.7 Å². The minimum atomic E-state index is -0.0159. The van der Waals surface area contributed by atoms with Gasteiger partial charge in [0, 0.05) is 31.7 Å². The van der Waals surface area contributed by atoms with E-state index < -0.39 is 0 Å². The molecule has 0 radical (unpaired) electrons. The molecular formula is C18H20N6O3. The van der Waals surface area contributed by atoms with Gasteiger partial charge in [-0.1, -0.05) is 0 Å². The van der Waals surface area contributed by atoms with Crippen molar-refractivity contribution in [2.75, 3.05) is 45.3 Å². The number of hydrogen-bond donors (Lipinski definition) is 0. The Morgan fingerprint density at radius 1 is 1.00 bits per heavy atom. The summed E-state index contributed by atoms with van der Waals surface area (Å²) in [7, 11) is 3.13. The zero-order valence-electron chi connectivity index (χ0n) is 15.2. The zero-order valence-corrected chi connectivity index (χ0v) is 15.2. The van der Waals surface area contributed by atoms with E-state index in [1.807, 2.05) is 17.0 Å². The molecule has 1 aliphatic rings. The lowest BCUT2D eigenvalue weighted by molar-refractivity contribution is 0.0746. The largest absolute Gasteiger partial charge is 0.493 e. The SMILES string of the molecule is COc1ccc(C(=O)N2CCN(c3ccc4nncn4n3)CC2)cc1OC. The van der Waals surface area contributed by atoms with Crippen LogP contribution in [0.4, 0.5) is 5.82 Å². The van der Waals surface area contributed by atoms with E-state index >= 15 is 0 Å². The number of nitrogens with zero attached hydrogens (tertiary/aromatic N) is 6. The number of rotatable bonds is 4. The maximum absolute atomic E-state index is 12.8. The number of amides is 1. The first-order valence-electron chi connectivity index (χ1n) is 8.63. The van der Waals surface area contributed by atoms with Gasteiger partial charge in [-0.2, -0.15) is 4.52 Å². The molecule has 1 amide bonds. The summed E-state index contributed by atoms with van der Waals surface area (Å²) in [5.74, 6) is 1.99. The molecule has 3 heterocycles. The van der Waals surface area contributed by atoms with E-state index in [2.05, 4.69) is 20.2 Å². The van der Waals surface area contributed by atoms with E-state index in [4.69, 9.17) is 9.47 Å². The molecule has 1 saturated heterocycles. The average Bonchev–Trinajstić information content (AvgIpc) is 3.20. The maximum atomic E-state index is 12.8. The Morgan fingerprint density at radius 3 is 2.52 bits per heavy atom. The quantitative estimate of drug-likeness (QED) is 0.682. The first-order chi connectivity index (χ1) is 13.2. The van der Waals surface area contributed by atoms with Gasteiger partial charge in [0.05, 0.1) is 14.2 Å². The molecule has 4 rings (SSSR count). The highest BCUT2D eigenvalue weighted by Gasteiger charge is 2.24. The predicted octanol–water partition coefficient (Wildman–Crippen LogP) is 1.10. The van der Waals surface area contributed by atoms with Gasteiger partial charge in [-0.05, 0) is 30.3 Å². The second-order valence-corrected chi connectivity index (χ2v) is 6.17. The second kappa shape index (κ2) is 7.10. The highest BCUT2D eigenvalue weighted by molar-refractivity contribution is 5.95. The third-order valence-electron chi connectivity index (χ3n) is 4.67. The Kier molecular flexibility index (Phi) is 4.49. The average molecular weight is 368 g/mol. The lowest BCUT2D eigenvalue weighted by Gasteiger charge is -2.35. The molecule has 1 aromatic carbocycles. The van der Waals surface area contributed by atoms with E-state index in [-0.39, 0.29) is 5.91 Å². The van der Waals surface area contributed by atoms with Gasteiger partial charge in [0.2, 0.25) is 0 Å². The monoisotopic (exact) mass is 368 g/mol. The smallest absolute Gasteiger partial charge is 0.254 e. The molecule has 3 aromatic rings. The Morgan fingerprint density at radius 2 is 1.78 bits per heavy atom. The van der Waals surface area contributed by atoms with E-state index in [9.17, 15) is 4.79 Å². The molecule has 0 aliphatic carbocycles. The number of methoxy groups -OCH3 is 2. The molecule has 140 valence electrons. The van der Waals surface area contributed by atoms with Gasteiger partial charge in [0.1, 0.15) is 12.1 Å². The predicted molar refractivity (Wildman–Crippen MR) is 98.4 cm³/mol. The molecule has 0 N–H and O–H groups in total.